The number of hydrogen-bond acceptors (Lipinski definition) is 15. The number of phosphoric acid groups is 3. The molecule has 0 aliphatic carbocycles. The summed E-state index contributed by atoms with van der Waals surface area (Å²) in [6.45, 7) is 7.80. The molecule has 0 aromatic heterocycles. The molecule has 278 valence electrons. The molecule has 6 atom stereocenters. The molecular weight excluding hydrogens is 733 g/mol. The van der Waals surface area contributed by atoms with Gasteiger partial charge in [-0.25, -0.2) is 13.7 Å². The van der Waals surface area contributed by atoms with Crippen molar-refractivity contribution >= 4 is 35.1 Å². The van der Waals surface area contributed by atoms with Gasteiger partial charge in [-0.2, -0.15) is 8.62 Å². The van der Waals surface area contributed by atoms with Gasteiger partial charge in [-0.1, -0.05) is 39.2 Å². The molecule has 1 fully saturated rings. The van der Waals surface area contributed by atoms with Crippen LogP contribution < -0.4 is 15.8 Å². The highest BCUT2D eigenvalue weighted by Crippen LogP contribution is 2.66. The van der Waals surface area contributed by atoms with Gasteiger partial charge in [-0.05, 0) is 11.5 Å². The second-order valence-electron chi connectivity index (χ2n) is 11.7. The Morgan fingerprint density at radius 2 is 1.86 bits per heavy atom. The molecule has 0 spiro atoms. The van der Waals surface area contributed by atoms with Crippen LogP contribution in [0.4, 0.5) is 5.69 Å². The van der Waals surface area contributed by atoms with Gasteiger partial charge in [0.15, 0.2) is 0 Å². The molecule has 8 N–H and O–H groups in total. The fraction of sp³-hybridized carbons (Fsp3) is 0.500. The molecule has 2 aliphatic heterocycles. The van der Waals surface area contributed by atoms with Crippen molar-refractivity contribution in [2.75, 3.05) is 26.9 Å². The number of carbonyl (C=O) groups is 1. The number of nitrogens with two attached hydrogens (primary N) is 1. The van der Waals surface area contributed by atoms with Crippen molar-refractivity contribution in [1.82, 2.24) is 10.2 Å². The van der Waals surface area contributed by atoms with Crippen molar-refractivity contribution < 1.29 is 75.4 Å². The minimum Gasteiger partial charge on any atom is -0.495 e. The van der Waals surface area contributed by atoms with Gasteiger partial charge in [0.25, 0.3) is 11.6 Å². The van der Waals surface area contributed by atoms with Crippen LogP contribution in [-0.2, 0) is 41.1 Å². The Morgan fingerprint density at radius 3 is 2.42 bits per heavy atom. The van der Waals surface area contributed by atoms with Gasteiger partial charge in [-0.15, -0.1) is 0 Å². The van der Waals surface area contributed by atoms with Crippen LogP contribution in [0.15, 0.2) is 36.3 Å². The van der Waals surface area contributed by atoms with E-state index in [4.69, 9.17) is 29.7 Å². The third-order valence-electron chi connectivity index (χ3n) is 6.83. The third-order valence-corrected chi connectivity index (χ3v) is 10.6. The summed E-state index contributed by atoms with van der Waals surface area (Å²) in [7, 11) is -15.5. The maximum absolute atomic E-state index is 12.9. The number of phosphoric ester groups is 1. The maximum atomic E-state index is 12.9. The molecule has 21 nitrogen and oxygen atoms in total. The summed E-state index contributed by atoms with van der Waals surface area (Å²) in [6, 6.07) is 2.69. The Kier molecular flexibility index (Phi) is 13.3. The molecule has 3 unspecified atom stereocenters. The number of methoxy groups -OCH3 is 1. The monoisotopic (exact) mass is 770 g/mol. The number of nitro groups is 1. The molecule has 1 saturated heterocycles. The van der Waals surface area contributed by atoms with Gasteiger partial charge in [0, 0.05) is 18.7 Å². The number of aliphatic hydroxyl groups excluding tert-OH is 1. The van der Waals surface area contributed by atoms with E-state index < -0.39 is 70.9 Å². The van der Waals surface area contributed by atoms with E-state index in [9.17, 15) is 43.5 Å². The average Bonchev–Trinajstić information content (AvgIpc) is 3.33. The third kappa shape index (κ3) is 11.2. The number of amides is 1. The Hall–Kier alpha value is -3.02. The van der Waals surface area contributed by atoms with Crippen molar-refractivity contribution in [1.29, 1.82) is 0 Å². The van der Waals surface area contributed by atoms with Crippen LogP contribution in [0, 0.1) is 27.4 Å². The van der Waals surface area contributed by atoms with Gasteiger partial charge < -0.3 is 54.8 Å². The first-order valence-corrected chi connectivity index (χ1v) is 18.8. The molecule has 1 aromatic rings. The Bertz CT molecular complexity index is 1730. The molecular formula is C26H37N4O17P3. The highest BCUT2D eigenvalue weighted by molar-refractivity contribution is 7.66. The lowest BCUT2D eigenvalue weighted by atomic mass is 9.83. The fourth-order valence-electron chi connectivity index (χ4n) is 4.79. The number of benzene rings is 1. The maximum Gasteiger partial charge on any atom is 0.490 e. The number of hydrogen-bond donors (Lipinski definition) is 7. The predicted molar refractivity (Wildman–Crippen MR) is 170 cm³/mol. The van der Waals surface area contributed by atoms with Gasteiger partial charge in [-0.3, -0.25) is 19.4 Å². The van der Waals surface area contributed by atoms with E-state index in [1.807, 2.05) is 0 Å². The van der Waals surface area contributed by atoms with Crippen molar-refractivity contribution in [3.05, 3.63) is 57.5 Å². The summed E-state index contributed by atoms with van der Waals surface area (Å²) < 4.78 is 63.7. The van der Waals surface area contributed by atoms with Gasteiger partial charge >= 0.3 is 23.5 Å². The highest BCUT2D eigenvalue weighted by atomic mass is 31.3. The SMILES string of the molecule is C=C1NC(=O)C(CO[C@H](c2cc(OC)c(C#CCN)cc2[N+](=O)[O-])C(C)(C)C)=CN1[C@H]1CC(O)[C@@H](COP(=O)(O)OP(=O)(O)OP(=O)(O)O)O1. The predicted octanol–water partition coefficient (Wildman–Crippen LogP) is 1.62. The minimum atomic E-state index is -5.76. The summed E-state index contributed by atoms with van der Waals surface area (Å²) in [5.41, 5.74) is 4.79. The summed E-state index contributed by atoms with van der Waals surface area (Å²) >= 11 is 0. The Morgan fingerprint density at radius 1 is 1.20 bits per heavy atom. The lowest BCUT2D eigenvalue weighted by Gasteiger charge is -2.35. The Balaban J connectivity index is 1.80. The molecule has 1 amide bonds. The number of aliphatic hydroxyl groups is 1. The van der Waals surface area contributed by atoms with E-state index in [0.29, 0.717) is 0 Å². The second kappa shape index (κ2) is 16.1. The molecule has 24 heteroatoms. The van der Waals surface area contributed by atoms with Crippen LogP contribution >= 0.6 is 23.5 Å². The average molecular weight is 771 g/mol. The van der Waals surface area contributed by atoms with Crippen molar-refractivity contribution in [2.24, 2.45) is 11.1 Å². The quantitative estimate of drug-likeness (QED) is 0.0612. The van der Waals surface area contributed by atoms with Gasteiger partial charge in [0.1, 0.15) is 23.9 Å². The lowest BCUT2D eigenvalue weighted by molar-refractivity contribution is -0.386. The van der Waals surface area contributed by atoms with Crippen LogP contribution in [0.2, 0.25) is 0 Å². The zero-order valence-electron chi connectivity index (χ0n) is 27.0. The zero-order valence-corrected chi connectivity index (χ0v) is 29.7. The van der Waals surface area contributed by atoms with Crippen LogP contribution in [0.3, 0.4) is 0 Å². The van der Waals surface area contributed by atoms with Crippen LogP contribution in [-0.4, -0.2) is 85.7 Å². The molecule has 0 saturated carbocycles. The smallest absolute Gasteiger partial charge is 0.490 e. The van der Waals surface area contributed by atoms with Crippen LogP contribution in [0.5, 0.6) is 5.75 Å². The number of nitro benzene ring substituents is 1. The normalized spacial score (nSPS) is 22.8. The first-order valence-electron chi connectivity index (χ1n) is 14.2. The van der Waals surface area contributed by atoms with E-state index >= 15 is 0 Å². The zero-order chi connectivity index (χ0) is 37.8. The van der Waals surface area contributed by atoms with Crippen LogP contribution in [0.1, 0.15) is 44.4 Å². The number of ether oxygens (including phenoxy) is 3. The van der Waals surface area contributed by atoms with Crippen molar-refractivity contribution in [3.63, 3.8) is 0 Å². The van der Waals surface area contributed by atoms with E-state index in [1.165, 1.54) is 30.3 Å². The summed E-state index contributed by atoms with van der Waals surface area (Å²) in [5, 5.41) is 25.2. The van der Waals surface area contributed by atoms with Gasteiger partial charge in [0.05, 0.1) is 60.7 Å². The van der Waals surface area contributed by atoms with Crippen molar-refractivity contribution in [3.8, 4) is 17.6 Å². The molecule has 0 bridgehead atoms. The molecule has 0 radical (unpaired) electrons. The molecule has 2 aliphatic rings. The van der Waals surface area contributed by atoms with Crippen molar-refractivity contribution in [2.45, 2.75) is 51.7 Å². The van der Waals surface area contributed by atoms with Crippen LogP contribution in [0.25, 0.3) is 0 Å². The first kappa shape index (κ1) is 41.4. The fourth-order valence-corrected chi connectivity index (χ4v) is 7.82. The summed E-state index contributed by atoms with van der Waals surface area (Å²) in [5.74, 6) is 4.99. The second-order valence-corrected chi connectivity index (χ2v) is 16.1. The topological polar surface area (TPSA) is 309 Å². The highest BCUT2D eigenvalue weighted by Gasteiger charge is 2.44. The van der Waals surface area contributed by atoms with E-state index in [1.54, 1.807) is 20.8 Å². The number of carbonyl (C=O) groups excluding carboxylic acids is 1. The standard InChI is InChI=1S/C26H37N4O17P3/c1-15-28-25(32)17(13-43-24(26(2,3)4)18-10-21(42-5)16(7-6-8-27)9-19(18)30(33)34)12-29(15)23-11-20(31)22(45-23)14-44-49(38,39)47-50(40,41)46-48(35,36)37/h9-10,12,20,22-24,31H,1,8,11,13-14,27H2,2-5H3,(H,28,32)(H,38,39)(H,40,41)(H2,35,36,37)/t20?,22-,23-,24-/m1/s1. The minimum absolute atomic E-state index is 0.00593. The number of nitrogens with zero attached hydrogens (tertiary/aromatic N) is 2. The molecule has 50 heavy (non-hydrogen) atoms. The molecule has 1 aromatic carbocycles. The number of nitrogens with one attached hydrogen (secondary N) is 1. The summed E-state index contributed by atoms with van der Waals surface area (Å²) in [6.07, 6.45) is -3.63. The molecule has 3 rings (SSSR count). The first-order chi connectivity index (χ1) is 23.0. The van der Waals surface area contributed by atoms with E-state index in [2.05, 4.69) is 36.9 Å². The van der Waals surface area contributed by atoms with Gasteiger partial charge in [0.2, 0.25) is 0 Å². The lowest BCUT2D eigenvalue weighted by Crippen LogP contribution is -2.44. The molecule has 2 heterocycles. The largest absolute Gasteiger partial charge is 0.495 e. The van der Waals surface area contributed by atoms with E-state index in [-0.39, 0.29) is 53.5 Å². The number of rotatable bonds is 14. The summed E-state index contributed by atoms with van der Waals surface area (Å²) in [4.78, 5) is 62.2. The van der Waals surface area contributed by atoms with E-state index in [0.717, 1.165) is 0 Å². The Labute approximate surface area is 285 Å².